The van der Waals surface area contributed by atoms with Crippen LogP contribution >= 0.6 is 11.3 Å². The quantitative estimate of drug-likeness (QED) is 0.568. The average molecular weight is 475 g/mol. The number of benzene rings is 1. The number of hydrogen-bond donors (Lipinski definition) is 1. The lowest BCUT2D eigenvalue weighted by Crippen LogP contribution is -2.40. The second-order valence-corrected chi connectivity index (χ2v) is 8.62. The Morgan fingerprint density at radius 1 is 1.12 bits per heavy atom. The Morgan fingerprint density at radius 2 is 1.85 bits per heavy atom. The number of piperidine rings is 1. The number of carbonyl (C=O) groups is 3. The molecule has 0 radical (unpaired) electrons. The van der Waals surface area contributed by atoms with Crippen LogP contribution in [0.15, 0.2) is 29.6 Å². The number of rotatable bonds is 10. The molecule has 1 aliphatic heterocycles. The molecule has 3 rings (SSSR count). The Morgan fingerprint density at radius 3 is 2.52 bits per heavy atom. The van der Waals surface area contributed by atoms with Crippen molar-refractivity contribution in [2.24, 2.45) is 0 Å². The second kappa shape index (κ2) is 12.3. The Balaban J connectivity index is 1.57. The molecule has 2 aromatic rings. The molecule has 9 nitrogen and oxygen atoms in total. The van der Waals surface area contributed by atoms with Crippen LogP contribution < -0.4 is 10.1 Å². The van der Waals surface area contributed by atoms with E-state index in [-0.39, 0.29) is 37.2 Å². The van der Waals surface area contributed by atoms with Crippen molar-refractivity contribution in [1.29, 1.82) is 0 Å². The normalized spacial score (nSPS) is 13.5. The number of anilines is 1. The summed E-state index contributed by atoms with van der Waals surface area (Å²) in [5.41, 5.74) is 1.09. The molecule has 33 heavy (non-hydrogen) atoms. The lowest BCUT2D eigenvalue weighted by molar-refractivity contribution is -0.131. The summed E-state index contributed by atoms with van der Waals surface area (Å²) in [6, 6.07) is 6.71. The fourth-order valence-corrected chi connectivity index (χ4v) is 4.28. The maximum absolute atomic E-state index is 12.9. The first-order chi connectivity index (χ1) is 16.0. The van der Waals surface area contributed by atoms with E-state index in [2.05, 4.69) is 10.3 Å². The van der Waals surface area contributed by atoms with Gasteiger partial charge in [-0.05, 0) is 43.5 Å². The van der Waals surface area contributed by atoms with Gasteiger partial charge in [0, 0.05) is 37.7 Å². The van der Waals surface area contributed by atoms with Gasteiger partial charge in [0.05, 0.1) is 25.8 Å². The summed E-state index contributed by atoms with van der Waals surface area (Å²) in [4.78, 5) is 45.6. The highest BCUT2D eigenvalue weighted by molar-refractivity contribution is 7.13. The van der Waals surface area contributed by atoms with Gasteiger partial charge in [0.2, 0.25) is 11.8 Å². The van der Waals surface area contributed by atoms with Crippen molar-refractivity contribution in [1.82, 2.24) is 14.8 Å². The number of aromatic nitrogens is 1. The molecular formula is C23H30N4O5S. The maximum Gasteiger partial charge on any atom is 0.254 e. The summed E-state index contributed by atoms with van der Waals surface area (Å²) in [5.74, 6) is 0.0628. The van der Waals surface area contributed by atoms with E-state index in [1.54, 1.807) is 43.9 Å². The molecule has 1 aromatic heterocycles. The molecule has 10 heteroatoms. The number of hydrogen-bond acceptors (Lipinski definition) is 7. The fourth-order valence-electron chi connectivity index (χ4n) is 3.56. The standard InChI is InChI=1S/C23H30N4O5S/c1-31-13-12-27(22(30)17-6-8-19(32-2)9-7-17)15-20(28)25-23-24-18(16-33-23)14-21(29)26-10-4-3-5-11-26/h6-9,16H,3-5,10-15H2,1-2H3,(H,24,25,28). The molecule has 1 fully saturated rings. The number of likely N-dealkylation sites (tertiary alicyclic amines) is 1. The third kappa shape index (κ3) is 7.26. The number of ether oxygens (including phenoxy) is 2. The predicted molar refractivity (Wildman–Crippen MR) is 126 cm³/mol. The van der Waals surface area contributed by atoms with Crippen molar-refractivity contribution in [3.05, 3.63) is 40.9 Å². The van der Waals surface area contributed by atoms with Crippen LogP contribution in [0.2, 0.25) is 0 Å². The third-order valence-electron chi connectivity index (χ3n) is 5.36. The Labute approximate surface area is 197 Å². The SMILES string of the molecule is COCCN(CC(=O)Nc1nc(CC(=O)N2CCCCC2)cs1)C(=O)c1ccc(OC)cc1. The van der Waals surface area contributed by atoms with Crippen LogP contribution in [0.3, 0.4) is 0 Å². The van der Waals surface area contributed by atoms with Crippen LogP contribution in [-0.2, 0) is 20.7 Å². The van der Waals surface area contributed by atoms with Crippen molar-refractivity contribution >= 4 is 34.2 Å². The monoisotopic (exact) mass is 474 g/mol. The zero-order chi connectivity index (χ0) is 23.6. The molecule has 178 valence electrons. The largest absolute Gasteiger partial charge is 0.497 e. The van der Waals surface area contributed by atoms with Gasteiger partial charge in [-0.2, -0.15) is 0 Å². The number of amides is 3. The van der Waals surface area contributed by atoms with Crippen LogP contribution in [-0.4, -0.2) is 79.5 Å². The fraction of sp³-hybridized carbons (Fsp3) is 0.478. The minimum Gasteiger partial charge on any atom is -0.497 e. The highest BCUT2D eigenvalue weighted by Gasteiger charge is 2.21. The number of nitrogens with zero attached hydrogens (tertiary/aromatic N) is 3. The summed E-state index contributed by atoms with van der Waals surface area (Å²) < 4.78 is 10.2. The van der Waals surface area contributed by atoms with E-state index in [1.165, 1.54) is 22.7 Å². The van der Waals surface area contributed by atoms with E-state index in [0.29, 0.717) is 28.7 Å². The number of thiazole rings is 1. The van der Waals surface area contributed by atoms with Crippen molar-refractivity contribution < 1.29 is 23.9 Å². The Hall–Kier alpha value is -2.98. The first-order valence-electron chi connectivity index (χ1n) is 10.9. The molecule has 0 atom stereocenters. The van der Waals surface area contributed by atoms with Crippen molar-refractivity contribution in [3.8, 4) is 5.75 Å². The molecule has 0 bridgehead atoms. The molecule has 1 aliphatic rings. The number of nitrogens with one attached hydrogen (secondary N) is 1. The topological polar surface area (TPSA) is 101 Å². The van der Waals surface area contributed by atoms with Gasteiger partial charge in [-0.1, -0.05) is 0 Å². The van der Waals surface area contributed by atoms with Crippen molar-refractivity contribution in [2.75, 3.05) is 52.3 Å². The van der Waals surface area contributed by atoms with Crippen molar-refractivity contribution in [2.45, 2.75) is 25.7 Å². The van der Waals surface area contributed by atoms with Crippen molar-refractivity contribution in [3.63, 3.8) is 0 Å². The molecule has 1 aromatic carbocycles. The second-order valence-electron chi connectivity index (χ2n) is 7.76. The lowest BCUT2D eigenvalue weighted by atomic mass is 10.1. The van der Waals surface area contributed by atoms with E-state index in [9.17, 15) is 14.4 Å². The highest BCUT2D eigenvalue weighted by atomic mass is 32.1. The van der Waals surface area contributed by atoms with Crippen LogP contribution in [0.25, 0.3) is 0 Å². The molecule has 1 N–H and O–H groups in total. The van der Waals surface area contributed by atoms with E-state index >= 15 is 0 Å². The summed E-state index contributed by atoms with van der Waals surface area (Å²) >= 11 is 1.26. The van der Waals surface area contributed by atoms with E-state index < -0.39 is 0 Å². The van der Waals surface area contributed by atoms with Crippen LogP contribution in [0.4, 0.5) is 5.13 Å². The van der Waals surface area contributed by atoms with E-state index in [0.717, 1.165) is 25.9 Å². The minimum absolute atomic E-state index is 0.0636. The van der Waals surface area contributed by atoms with Gasteiger partial charge < -0.3 is 24.6 Å². The van der Waals surface area contributed by atoms with Crippen LogP contribution in [0, 0.1) is 0 Å². The molecule has 0 unspecified atom stereocenters. The first kappa shape index (κ1) is 24.7. The smallest absolute Gasteiger partial charge is 0.254 e. The molecule has 0 spiro atoms. The summed E-state index contributed by atoms with van der Waals surface area (Å²) in [7, 11) is 3.10. The third-order valence-corrected chi connectivity index (χ3v) is 6.17. The maximum atomic E-state index is 12.9. The average Bonchev–Trinajstić information content (AvgIpc) is 3.28. The molecule has 0 saturated carbocycles. The van der Waals surface area contributed by atoms with Gasteiger partial charge in [-0.15, -0.1) is 11.3 Å². The Bertz CT molecular complexity index is 941. The number of methoxy groups -OCH3 is 2. The minimum atomic E-state index is -0.365. The molecular weight excluding hydrogens is 444 g/mol. The molecule has 0 aliphatic carbocycles. The van der Waals surface area contributed by atoms with Gasteiger partial charge in [0.25, 0.3) is 5.91 Å². The zero-order valence-electron chi connectivity index (χ0n) is 19.0. The zero-order valence-corrected chi connectivity index (χ0v) is 19.9. The molecule has 2 heterocycles. The van der Waals surface area contributed by atoms with E-state index in [4.69, 9.17) is 9.47 Å². The lowest BCUT2D eigenvalue weighted by Gasteiger charge is -2.26. The van der Waals surface area contributed by atoms with Gasteiger partial charge in [0.15, 0.2) is 5.13 Å². The van der Waals surface area contributed by atoms with Crippen LogP contribution in [0.5, 0.6) is 5.75 Å². The predicted octanol–water partition coefficient (Wildman–Crippen LogP) is 2.43. The van der Waals surface area contributed by atoms with Crippen LogP contribution in [0.1, 0.15) is 35.3 Å². The highest BCUT2D eigenvalue weighted by Crippen LogP contribution is 2.18. The van der Waals surface area contributed by atoms with Gasteiger partial charge >= 0.3 is 0 Å². The van der Waals surface area contributed by atoms with E-state index in [1.807, 2.05) is 4.90 Å². The van der Waals surface area contributed by atoms with Gasteiger partial charge in [-0.3, -0.25) is 14.4 Å². The molecule has 3 amide bonds. The molecule has 1 saturated heterocycles. The van der Waals surface area contributed by atoms with Gasteiger partial charge in [-0.25, -0.2) is 4.98 Å². The number of carbonyl (C=O) groups excluding carboxylic acids is 3. The summed E-state index contributed by atoms with van der Waals surface area (Å²) in [6.45, 7) is 2.02. The Kier molecular flexibility index (Phi) is 9.20. The summed E-state index contributed by atoms with van der Waals surface area (Å²) in [5, 5.41) is 4.92. The first-order valence-corrected chi connectivity index (χ1v) is 11.8. The van der Waals surface area contributed by atoms with Gasteiger partial charge in [0.1, 0.15) is 12.3 Å². The summed E-state index contributed by atoms with van der Waals surface area (Å²) in [6.07, 6.45) is 3.47.